The number of hydroxylamine groups is 2. The number of carbonyl (C=O) groups excluding carboxylic acids is 2. The maximum Gasteiger partial charge on any atom is 0.344 e. The highest BCUT2D eigenvalue weighted by Crippen LogP contribution is 2.12. The van der Waals surface area contributed by atoms with Gasteiger partial charge in [-0.05, 0) is 52.3 Å². The molecule has 0 saturated heterocycles. The molecule has 0 bridgehead atoms. The summed E-state index contributed by atoms with van der Waals surface area (Å²) in [6.45, 7) is 9.73. The van der Waals surface area contributed by atoms with Crippen LogP contribution in [0.1, 0.15) is 45.9 Å². The molecule has 0 fully saturated rings. The van der Waals surface area contributed by atoms with Crippen LogP contribution in [0.3, 0.4) is 0 Å². The molecule has 1 rings (SSSR count). The van der Waals surface area contributed by atoms with Gasteiger partial charge in [0.05, 0.1) is 12.2 Å². The van der Waals surface area contributed by atoms with Gasteiger partial charge in [-0.1, -0.05) is 6.07 Å². The summed E-state index contributed by atoms with van der Waals surface area (Å²) in [4.78, 5) is 32.3. The molecular formula is C17H26N4O4. The molecule has 4 N–H and O–H groups in total. The number of aromatic nitrogens is 1. The SMILES string of the molecule is CC(C)(C)NC(C)(C)C(=O)ONCc1ccc(/C=C/C(=O)NO)nc1. The Morgan fingerprint density at radius 3 is 2.44 bits per heavy atom. The molecule has 0 aliphatic heterocycles. The zero-order chi connectivity index (χ0) is 19.1. The van der Waals surface area contributed by atoms with Crippen molar-refractivity contribution in [2.24, 2.45) is 0 Å². The molecule has 0 spiro atoms. The Bertz CT molecular complexity index is 619. The Morgan fingerprint density at radius 1 is 1.24 bits per heavy atom. The molecule has 25 heavy (non-hydrogen) atoms. The van der Waals surface area contributed by atoms with Gasteiger partial charge >= 0.3 is 5.97 Å². The average molecular weight is 350 g/mol. The molecule has 0 radical (unpaired) electrons. The van der Waals surface area contributed by atoms with E-state index >= 15 is 0 Å². The minimum atomic E-state index is -0.828. The zero-order valence-electron chi connectivity index (χ0n) is 15.2. The molecule has 0 aliphatic carbocycles. The second-order valence-electron chi connectivity index (χ2n) is 7.11. The fourth-order valence-corrected chi connectivity index (χ4v) is 2.14. The Morgan fingerprint density at radius 2 is 1.92 bits per heavy atom. The Balaban J connectivity index is 2.50. The molecule has 1 amide bonds. The highest BCUT2D eigenvalue weighted by molar-refractivity contribution is 5.90. The van der Waals surface area contributed by atoms with Crippen LogP contribution in [0.2, 0.25) is 0 Å². The van der Waals surface area contributed by atoms with Crippen LogP contribution in [0.15, 0.2) is 24.4 Å². The second kappa shape index (κ2) is 8.70. The van der Waals surface area contributed by atoms with Gasteiger partial charge < -0.3 is 4.84 Å². The van der Waals surface area contributed by atoms with Gasteiger partial charge in [-0.3, -0.25) is 20.3 Å². The van der Waals surface area contributed by atoms with Crippen LogP contribution in [-0.2, 0) is 21.0 Å². The fourth-order valence-electron chi connectivity index (χ4n) is 2.14. The van der Waals surface area contributed by atoms with Crippen molar-refractivity contribution in [1.82, 2.24) is 21.3 Å². The van der Waals surface area contributed by atoms with E-state index in [4.69, 9.17) is 10.0 Å². The predicted octanol–water partition coefficient (Wildman–Crippen LogP) is 1.31. The molecule has 0 saturated carbocycles. The Hall–Kier alpha value is -2.29. The number of pyridine rings is 1. The minimum absolute atomic E-state index is 0.220. The van der Waals surface area contributed by atoms with Crippen molar-refractivity contribution in [3.05, 3.63) is 35.7 Å². The van der Waals surface area contributed by atoms with Crippen LogP contribution in [0.5, 0.6) is 0 Å². The van der Waals surface area contributed by atoms with Crippen molar-refractivity contribution in [2.45, 2.75) is 52.2 Å². The number of carbonyl (C=O) groups is 2. The van der Waals surface area contributed by atoms with E-state index in [0.29, 0.717) is 12.2 Å². The highest BCUT2D eigenvalue weighted by Gasteiger charge is 2.33. The number of nitrogens with zero attached hydrogens (tertiary/aromatic N) is 1. The number of nitrogens with one attached hydrogen (secondary N) is 3. The number of rotatable bonds is 7. The van der Waals surface area contributed by atoms with Gasteiger partial charge in [-0.15, -0.1) is 5.48 Å². The predicted molar refractivity (Wildman–Crippen MR) is 93.1 cm³/mol. The van der Waals surface area contributed by atoms with E-state index in [-0.39, 0.29) is 5.54 Å². The van der Waals surface area contributed by atoms with Crippen molar-refractivity contribution >= 4 is 18.0 Å². The standard InChI is InChI=1S/C17H26N4O4/c1-16(2,3)21-17(4,5)15(23)25-19-11-12-6-7-13(18-10-12)8-9-14(22)20-24/h6-10,19,21,24H,11H2,1-5H3,(H,20,22)/b9-8+. The summed E-state index contributed by atoms with van der Waals surface area (Å²) in [6, 6.07) is 3.48. The third-order valence-electron chi connectivity index (χ3n) is 3.00. The maximum absolute atomic E-state index is 12.1. The van der Waals surface area contributed by atoms with Gasteiger partial charge in [-0.2, -0.15) is 0 Å². The molecule has 138 valence electrons. The van der Waals surface area contributed by atoms with Crippen LogP contribution in [0, 0.1) is 0 Å². The molecule has 1 aromatic heterocycles. The Kier molecular flexibility index (Phi) is 7.22. The van der Waals surface area contributed by atoms with E-state index < -0.39 is 17.4 Å². The van der Waals surface area contributed by atoms with Gasteiger partial charge in [0.15, 0.2) is 0 Å². The molecule has 0 atom stereocenters. The lowest BCUT2D eigenvalue weighted by Gasteiger charge is -2.32. The first-order valence-electron chi connectivity index (χ1n) is 7.84. The quantitative estimate of drug-likeness (QED) is 0.333. The lowest BCUT2D eigenvalue weighted by atomic mass is 9.99. The van der Waals surface area contributed by atoms with Crippen LogP contribution in [0.4, 0.5) is 0 Å². The first-order chi connectivity index (χ1) is 11.5. The zero-order valence-corrected chi connectivity index (χ0v) is 15.2. The van der Waals surface area contributed by atoms with Crippen LogP contribution in [0.25, 0.3) is 6.08 Å². The van der Waals surface area contributed by atoms with E-state index in [2.05, 4.69) is 15.8 Å². The van der Waals surface area contributed by atoms with Gasteiger partial charge in [0.1, 0.15) is 5.54 Å². The third kappa shape index (κ3) is 7.88. The molecular weight excluding hydrogens is 324 g/mol. The van der Waals surface area contributed by atoms with Crippen LogP contribution >= 0.6 is 0 Å². The van der Waals surface area contributed by atoms with Crippen molar-refractivity contribution in [3.63, 3.8) is 0 Å². The smallest absolute Gasteiger partial charge is 0.344 e. The van der Waals surface area contributed by atoms with E-state index in [1.807, 2.05) is 20.8 Å². The van der Waals surface area contributed by atoms with Crippen molar-refractivity contribution < 1.29 is 19.6 Å². The molecule has 8 heteroatoms. The summed E-state index contributed by atoms with van der Waals surface area (Å²) in [6.07, 6.45) is 4.21. The van der Waals surface area contributed by atoms with Gasteiger partial charge in [0.25, 0.3) is 5.91 Å². The summed E-state index contributed by atoms with van der Waals surface area (Å²) in [5, 5.41) is 11.6. The summed E-state index contributed by atoms with van der Waals surface area (Å²) in [5.74, 6) is -1.05. The van der Waals surface area contributed by atoms with Crippen LogP contribution in [-0.4, -0.2) is 33.1 Å². The second-order valence-corrected chi connectivity index (χ2v) is 7.11. The first kappa shape index (κ1) is 20.8. The summed E-state index contributed by atoms with van der Waals surface area (Å²) in [7, 11) is 0. The summed E-state index contributed by atoms with van der Waals surface area (Å²) in [5.41, 5.74) is 4.43. The number of hydrogen-bond donors (Lipinski definition) is 4. The topological polar surface area (TPSA) is 113 Å². The van der Waals surface area contributed by atoms with E-state index in [0.717, 1.165) is 11.6 Å². The van der Waals surface area contributed by atoms with Crippen molar-refractivity contribution in [2.75, 3.05) is 0 Å². The van der Waals surface area contributed by atoms with Gasteiger partial charge in [-0.25, -0.2) is 10.3 Å². The monoisotopic (exact) mass is 350 g/mol. The van der Waals surface area contributed by atoms with Crippen molar-refractivity contribution in [3.8, 4) is 0 Å². The molecule has 0 aromatic carbocycles. The normalized spacial score (nSPS) is 12.2. The molecule has 0 aliphatic rings. The maximum atomic E-state index is 12.1. The number of hydrogen-bond acceptors (Lipinski definition) is 7. The molecule has 8 nitrogen and oxygen atoms in total. The fraction of sp³-hybridized carbons (Fsp3) is 0.471. The van der Waals surface area contributed by atoms with E-state index in [1.54, 1.807) is 32.2 Å². The summed E-state index contributed by atoms with van der Waals surface area (Å²) < 4.78 is 0. The third-order valence-corrected chi connectivity index (χ3v) is 3.00. The van der Waals surface area contributed by atoms with Gasteiger partial charge in [0, 0.05) is 17.8 Å². The summed E-state index contributed by atoms with van der Waals surface area (Å²) >= 11 is 0. The van der Waals surface area contributed by atoms with Crippen LogP contribution < -0.4 is 16.3 Å². The largest absolute Gasteiger partial charge is 0.369 e. The van der Waals surface area contributed by atoms with Crippen molar-refractivity contribution in [1.29, 1.82) is 0 Å². The lowest BCUT2D eigenvalue weighted by molar-refractivity contribution is -0.159. The first-order valence-corrected chi connectivity index (χ1v) is 7.84. The highest BCUT2D eigenvalue weighted by atomic mass is 16.7. The minimum Gasteiger partial charge on any atom is -0.369 e. The average Bonchev–Trinajstić information content (AvgIpc) is 2.51. The number of amides is 1. The molecule has 1 heterocycles. The van der Waals surface area contributed by atoms with E-state index in [9.17, 15) is 9.59 Å². The lowest BCUT2D eigenvalue weighted by Crippen LogP contribution is -2.56. The Labute approximate surface area is 147 Å². The van der Waals surface area contributed by atoms with E-state index in [1.165, 1.54) is 11.6 Å². The molecule has 0 unspecified atom stereocenters. The molecule has 1 aromatic rings. The van der Waals surface area contributed by atoms with Gasteiger partial charge in [0.2, 0.25) is 0 Å².